The van der Waals surface area contributed by atoms with E-state index >= 15 is 8.78 Å². The summed E-state index contributed by atoms with van der Waals surface area (Å²) in [4.78, 5) is 15.9. The van der Waals surface area contributed by atoms with E-state index in [1.807, 2.05) is 23.1 Å². The van der Waals surface area contributed by atoms with Gasteiger partial charge >= 0.3 is 0 Å². The monoisotopic (exact) mass is 533 g/mol. The van der Waals surface area contributed by atoms with Crippen LogP contribution in [0.3, 0.4) is 0 Å². The molecule has 0 spiro atoms. The number of ether oxygens (including phenoxy) is 1. The zero-order valence-electron chi connectivity index (χ0n) is 22.1. The van der Waals surface area contributed by atoms with Gasteiger partial charge in [-0.2, -0.15) is 4.98 Å². The lowest BCUT2D eigenvalue weighted by Gasteiger charge is -2.32. The molecule has 0 aliphatic carbocycles. The van der Waals surface area contributed by atoms with E-state index in [1.54, 1.807) is 17.0 Å². The van der Waals surface area contributed by atoms with Gasteiger partial charge in [0.15, 0.2) is 0 Å². The summed E-state index contributed by atoms with van der Waals surface area (Å²) in [5.41, 5.74) is 3.16. The normalized spacial score (nSPS) is 17.6. The third-order valence-corrected chi connectivity index (χ3v) is 7.53. The highest BCUT2D eigenvalue weighted by Crippen LogP contribution is 2.25. The van der Waals surface area contributed by atoms with E-state index in [4.69, 9.17) is 4.74 Å². The Balaban J connectivity index is 1.18. The third kappa shape index (κ3) is 5.94. The maximum Gasteiger partial charge on any atom is 0.229 e. The molecule has 8 nitrogen and oxygen atoms in total. The Hall–Kier alpha value is -3.44. The molecule has 0 atom stereocenters. The Morgan fingerprint density at radius 3 is 2.28 bits per heavy atom. The predicted octanol–water partition coefficient (Wildman–Crippen LogP) is 4.02. The van der Waals surface area contributed by atoms with Crippen LogP contribution in [0.1, 0.15) is 11.1 Å². The average Bonchev–Trinajstić information content (AvgIpc) is 3.37. The molecule has 2 fully saturated rings. The molecule has 0 radical (unpaired) electrons. The van der Waals surface area contributed by atoms with Gasteiger partial charge in [-0.25, -0.2) is 13.8 Å². The quantitative estimate of drug-likeness (QED) is 0.385. The maximum absolute atomic E-state index is 15.1. The number of hydrogen-bond acceptors (Lipinski definition) is 7. The van der Waals surface area contributed by atoms with E-state index in [0.29, 0.717) is 43.6 Å². The number of fused-ring (bicyclic) bond motifs is 1. The molecule has 204 valence electrons. The second-order valence-electron chi connectivity index (χ2n) is 10.3. The Morgan fingerprint density at radius 1 is 0.872 bits per heavy atom. The number of benzene rings is 2. The van der Waals surface area contributed by atoms with E-state index in [-0.39, 0.29) is 12.1 Å². The molecule has 2 aliphatic rings. The molecule has 2 aromatic heterocycles. The lowest BCUT2D eigenvalue weighted by atomic mass is 10.1. The number of anilines is 2. The van der Waals surface area contributed by atoms with E-state index < -0.39 is 11.6 Å². The van der Waals surface area contributed by atoms with Crippen LogP contribution in [0.15, 0.2) is 54.9 Å². The summed E-state index contributed by atoms with van der Waals surface area (Å²) in [6.45, 7) is 7.98. The van der Waals surface area contributed by atoms with Crippen molar-refractivity contribution in [1.82, 2.24) is 29.2 Å². The van der Waals surface area contributed by atoms with E-state index in [9.17, 15) is 0 Å². The number of nitrogens with one attached hydrogen (secondary N) is 1. The molecular formula is C29H33F2N7O. The number of rotatable bonds is 7. The van der Waals surface area contributed by atoms with Crippen molar-refractivity contribution in [2.24, 2.45) is 0 Å². The third-order valence-electron chi connectivity index (χ3n) is 7.53. The number of hydrogen-bond donors (Lipinski definition) is 1. The van der Waals surface area contributed by atoms with Crippen molar-refractivity contribution in [3.8, 4) is 5.69 Å². The van der Waals surface area contributed by atoms with Gasteiger partial charge in [-0.15, -0.1) is 0 Å². The molecule has 2 aliphatic heterocycles. The van der Waals surface area contributed by atoms with Gasteiger partial charge in [-0.05, 0) is 42.9 Å². The van der Waals surface area contributed by atoms with Crippen LogP contribution in [0.5, 0.6) is 0 Å². The standard InChI is InChI=1S/C29H33F2N7O/c1-35-8-10-36(11-9-35)19-21-2-4-23(5-3-21)33-29-32-18-22-6-7-38(28(22)34-29)24-16-26(30)25(27(31)17-24)20-37-12-14-39-15-13-37/h2-7,16-18H,8-15,19-20H2,1H3,(H,32,33,34). The minimum atomic E-state index is -0.567. The fourth-order valence-corrected chi connectivity index (χ4v) is 5.14. The highest BCUT2D eigenvalue weighted by atomic mass is 19.1. The van der Waals surface area contributed by atoms with Gasteiger partial charge in [0, 0.05) is 81.4 Å². The summed E-state index contributed by atoms with van der Waals surface area (Å²) in [6.07, 6.45) is 3.47. The van der Waals surface area contributed by atoms with Gasteiger partial charge in [0.2, 0.25) is 5.95 Å². The molecular weight excluding hydrogens is 500 g/mol. The lowest BCUT2D eigenvalue weighted by molar-refractivity contribution is 0.0332. The van der Waals surface area contributed by atoms with Crippen LogP contribution < -0.4 is 5.32 Å². The first-order valence-corrected chi connectivity index (χ1v) is 13.4. The smallest absolute Gasteiger partial charge is 0.229 e. The van der Waals surface area contributed by atoms with Crippen LogP contribution in [0, 0.1) is 11.6 Å². The van der Waals surface area contributed by atoms with Crippen LogP contribution >= 0.6 is 0 Å². The zero-order valence-corrected chi connectivity index (χ0v) is 22.1. The van der Waals surface area contributed by atoms with Crippen molar-refractivity contribution < 1.29 is 13.5 Å². The molecule has 4 heterocycles. The Bertz CT molecular complexity index is 1400. The second-order valence-corrected chi connectivity index (χ2v) is 10.3. The summed E-state index contributed by atoms with van der Waals surface area (Å²) in [6, 6.07) is 12.9. The van der Waals surface area contributed by atoms with E-state index in [0.717, 1.165) is 43.8 Å². The first-order valence-electron chi connectivity index (χ1n) is 13.4. The average molecular weight is 534 g/mol. The molecule has 4 aromatic rings. The second kappa shape index (κ2) is 11.4. The highest BCUT2D eigenvalue weighted by molar-refractivity contribution is 5.78. The van der Waals surface area contributed by atoms with E-state index in [1.165, 1.54) is 17.7 Å². The summed E-state index contributed by atoms with van der Waals surface area (Å²) in [7, 11) is 2.16. The zero-order chi connectivity index (χ0) is 26.8. The fourth-order valence-electron chi connectivity index (χ4n) is 5.14. The van der Waals surface area contributed by atoms with Crippen molar-refractivity contribution in [3.63, 3.8) is 0 Å². The number of piperazine rings is 1. The first kappa shape index (κ1) is 25.8. The molecule has 6 rings (SSSR count). The molecule has 0 unspecified atom stereocenters. The number of nitrogens with zero attached hydrogens (tertiary/aromatic N) is 6. The molecule has 0 bridgehead atoms. The SMILES string of the molecule is CN1CCN(Cc2ccc(Nc3ncc4ccn(-c5cc(F)c(CN6CCOCC6)c(F)c5)c4n3)cc2)CC1. The molecule has 0 amide bonds. The van der Waals surface area contributed by atoms with Crippen LogP contribution in [0.2, 0.25) is 0 Å². The first-order chi connectivity index (χ1) is 19.0. The fraction of sp³-hybridized carbons (Fsp3) is 0.379. The number of aromatic nitrogens is 3. The topological polar surface area (TPSA) is 61.7 Å². The Morgan fingerprint density at radius 2 is 1.56 bits per heavy atom. The van der Waals surface area contributed by atoms with Crippen molar-refractivity contribution >= 4 is 22.7 Å². The molecule has 10 heteroatoms. The van der Waals surface area contributed by atoms with E-state index in [2.05, 4.69) is 44.3 Å². The summed E-state index contributed by atoms with van der Waals surface area (Å²) in [5, 5.41) is 4.04. The summed E-state index contributed by atoms with van der Waals surface area (Å²) < 4.78 is 37.1. The van der Waals surface area contributed by atoms with Crippen molar-refractivity contribution in [1.29, 1.82) is 0 Å². The van der Waals surface area contributed by atoms with Crippen molar-refractivity contribution in [3.05, 3.63) is 77.6 Å². The predicted molar refractivity (Wildman–Crippen MR) is 147 cm³/mol. The van der Waals surface area contributed by atoms with Gasteiger partial charge < -0.3 is 19.5 Å². The lowest BCUT2D eigenvalue weighted by Crippen LogP contribution is -2.43. The van der Waals surface area contributed by atoms with Crippen LogP contribution in [0.4, 0.5) is 20.4 Å². The maximum atomic E-state index is 15.1. The van der Waals surface area contributed by atoms with Crippen LogP contribution in [0.25, 0.3) is 16.7 Å². The van der Waals surface area contributed by atoms with Crippen molar-refractivity contribution in [2.75, 3.05) is 64.8 Å². The summed E-state index contributed by atoms with van der Waals surface area (Å²) >= 11 is 0. The van der Waals surface area contributed by atoms with Crippen molar-refractivity contribution in [2.45, 2.75) is 13.1 Å². The highest BCUT2D eigenvalue weighted by Gasteiger charge is 2.19. The Labute approximate surface area is 226 Å². The molecule has 2 aromatic carbocycles. The summed E-state index contributed by atoms with van der Waals surface area (Å²) in [5.74, 6) is -0.719. The van der Waals surface area contributed by atoms with Gasteiger partial charge in [-0.1, -0.05) is 12.1 Å². The number of morpholine rings is 1. The minimum absolute atomic E-state index is 0.0742. The molecule has 39 heavy (non-hydrogen) atoms. The minimum Gasteiger partial charge on any atom is -0.379 e. The largest absolute Gasteiger partial charge is 0.379 e. The molecule has 2 saturated heterocycles. The number of likely N-dealkylation sites (N-methyl/N-ethyl adjacent to an activating group) is 1. The van der Waals surface area contributed by atoms with Crippen LogP contribution in [-0.2, 0) is 17.8 Å². The van der Waals surface area contributed by atoms with Gasteiger partial charge in [-0.3, -0.25) is 9.80 Å². The van der Waals surface area contributed by atoms with Crippen LogP contribution in [-0.4, -0.2) is 88.8 Å². The molecule has 0 saturated carbocycles. The van der Waals surface area contributed by atoms with Gasteiger partial charge in [0.05, 0.1) is 18.9 Å². The van der Waals surface area contributed by atoms with Gasteiger partial charge in [0.25, 0.3) is 0 Å². The number of halogens is 2. The van der Waals surface area contributed by atoms with Gasteiger partial charge in [0.1, 0.15) is 17.3 Å². The Kier molecular flexibility index (Phi) is 7.51. The molecule has 1 N–H and O–H groups in total.